The van der Waals surface area contributed by atoms with E-state index >= 15 is 0 Å². The van der Waals surface area contributed by atoms with Gasteiger partial charge < -0.3 is 4.90 Å². The molecular weight excluding hydrogens is 338 g/mol. The highest BCUT2D eigenvalue weighted by Crippen LogP contribution is 2.26. The molecule has 1 aromatic rings. The summed E-state index contributed by atoms with van der Waals surface area (Å²) in [6.45, 7) is 9.62. The van der Waals surface area contributed by atoms with Crippen LogP contribution in [0.4, 0.5) is 0 Å². The zero-order chi connectivity index (χ0) is 18.8. The lowest BCUT2D eigenvalue weighted by Gasteiger charge is -2.42. The Balaban J connectivity index is 1.27. The Hall–Kier alpha value is -1.40. The molecule has 0 aliphatic carbocycles. The summed E-state index contributed by atoms with van der Waals surface area (Å²) >= 11 is 0. The van der Waals surface area contributed by atoms with Crippen LogP contribution in [0.5, 0.6) is 0 Å². The number of hydrogen-bond acceptors (Lipinski definition) is 4. The molecule has 6 heteroatoms. The summed E-state index contributed by atoms with van der Waals surface area (Å²) in [5.74, 6) is 0.676. The third-order valence-corrected chi connectivity index (χ3v) is 7.02. The molecule has 0 saturated carbocycles. The smallest absolute Gasteiger partial charge is 0.226 e. The Bertz CT molecular complexity index is 643. The Morgan fingerprint density at radius 2 is 1.81 bits per heavy atom. The highest BCUT2D eigenvalue weighted by atomic mass is 16.2. The molecule has 3 aliphatic heterocycles. The van der Waals surface area contributed by atoms with Crippen LogP contribution in [-0.4, -0.2) is 75.7 Å². The monoisotopic (exact) mass is 373 g/mol. The molecule has 6 nitrogen and oxygen atoms in total. The van der Waals surface area contributed by atoms with Crippen molar-refractivity contribution in [3.63, 3.8) is 0 Å². The van der Waals surface area contributed by atoms with Gasteiger partial charge in [0.1, 0.15) is 0 Å². The number of amides is 1. The average molecular weight is 374 g/mol. The van der Waals surface area contributed by atoms with Crippen molar-refractivity contribution in [3.8, 4) is 0 Å². The Morgan fingerprint density at radius 3 is 2.48 bits per heavy atom. The van der Waals surface area contributed by atoms with Gasteiger partial charge in [0.2, 0.25) is 5.91 Å². The maximum atomic E-state index is 12.8. The Labute approximate surface area is 163 Å². The lowest BCUT2D eigenvalue weighted by molar-refractivity contribution is -0.136. The molecule has 0 unspecified atom stereocenters. The van der Waals surface area contributed by atoms with E-state index in [-0.39, 0.29) is 5.92 Å². The lowest BCUT2D eigenvalue weighted by Crippen LogP contribution is -2.51. The number of aromatic nitrogens is 2. The van der Waals surface area contributed by atoms with Crippen LogP contribution >= 0.6 is 0 Å². The van der Waals surface area contributed by atoms with Crippen molar-refractivity contribution >= 4 is 5.91 Å². The van der Waals surface area contributed by atoms with E-state index in [0.717, 1.165) is 45.7 Å². The quantitative estimate of drug-likeness (QED) is 0.810. The fourth-order valence-electron chi connectivity index (χ4n) is 5.12. The van der Waals surface area contributed by atoms with E-state index < -0.39 is 0 Å². The van der Waals surface area contributed by atoms with Gasteiger partial charge in [-0.1, -0.05) is 0 Å². The van der Waals surface area contributed by atoms with Crippen molar-refractivity contribution in [3.05, 3.63) is 17.5 Å². The maximum absolute atomic E-state index is 12.8. The van der Waals surface area contributed by atoms with Crippen LogP contribution in [-0.2, 0) is 18.4 Å². The molecule has 0 aromatic carbocycles. The summed E-state index contributed by atoms with van der Waals surface area (Å²) in [4.78, 5) is 20.1. The second-order valence-electron chi connectivity index (χ2n) is 8.75. The minimum Gasteiger partial charge on any atom is -0.342 e. The molecule has 0 spiro atoms. The molecule has 150 valence electrons. The normalized spacial score (nSPS) is 26.0. The fraction of sp³-hybridized carbons (Fsp3) is 0.810. The van der Waals surface area contributed by atoms with Gasteiger partial charge in [0, 0.05) is 50.5 Å². The van der Waals surface area contributed by atoms with Crippen LogP contribution in [0.3, 0.4) is 0 Å². The number of rotatable bonds is 4. The van der Waals surface area contributed by atoms with Crippen LogP contribution in [0, 0.1) is 12.8 Å². The topological polar surface area (TPSA) is 44.6 Å². The van der Waals surface area contributed by atoms with Crippen LogP contribution in [0.25, 0.3) is 0 Å². The number of hydrogen-bond donors (Lipinski definition) is 0. The van der Waals surface area contributed by atoms with Gasteiger partial charge in [-0.25, -0.2) is 0 Å². The molecule has 0 N–H and O–H groups in total. The SMILES string of the molecule is Cc1c(CN2CCC(N3CCC[C@H](C(=O)N4CCCC4)C3)CC2)cnn1C. The predicted octanol–water partition coefficient (Wildman–Crippen LogP) is 2.03. The highest BCUT2D eigenvalue weighted by molar-refractivity contribution is 5.79. The van der Waals surface area contributed by atoms with Crippen LogP contribution in [0.1, 0.15) is 49.8 Å². The summed E-state index contributed by atoms with van der Waals surface area (Å²) in [7, 11) is 2.02. The van der Waals surface area contributed by atoms with Crippen LogP contribution in [0.2, 0.25) is 0 Å². The second kappa shape index (κ2) is 8.31. The number of nitrogens with zero attached hydrogens (tertiary/aromatic N) is 5. The molecular formula is C21H35N5O. The van der Waals surface area contributed by atoms with E-state index in [9.17, 15) is 4.79 Å². The molecule has 4 rings (SSSR count). The van der Waals surface area contributed by atoms with Crippen molar-refractivity contribution < 1.29 is 4.79 Å². The van der Waals surface area contributed by atoms with Gasteiger partial charge in [0.05, 0.1) is 12.1 Å². The Morgan fingerprint density at radius 1 is 1.07 bits per heavy atom. The second-order valence-corrected chi connectivity index (χ2v) is 8.75. The first-order chi connectivity index (χ1) is 13.1. The first-order valence-electron chi connectivity index (χ1n) is 10.8. The van der Waals surface area contributed by atoms with Gasteiger partial charge >= 0.3 is 0 Å². The van der Waals surface area contributed by atoms with Crippen molar-refractivity contribution in [2.24, 2.45) is 13.0 Å². The minimum atomic E-state index is 0.243. The number of likely N-dealkylation sites (tertiary alicyclic amines) is 3. The molecule has 3 fully saturated rings. The molecule has 0 radical (unpaired) electrons. The van der Waals surface area contributed by atoms with E-state index in [2.05, 4.69) is 26.7 Å². The highest BCUT2D eigenvalue weighted by Gasteiger charge is 2.34. The van der Waals surface area contributed by atoms with E-state index in [1.165, 1.54) is 49.9 Å². The molecule has 1 amide bonds. The Kier molecular flexibility index (Phi) is 5.83. The van der Waals surface area contributed by atoms with Crippen LogP contribution < -0.4 is 0 Å². The van der Waals surface area contributed by atoms with Gasteiger partial charge in [-0.2, -0.15) is 5.10 Å². The average Bonchev–Trinajstić information content (AvgIpc) is 3.34. The van der Waals surface area contributed by atoms with Crippen molar-refractivity contribution in [1.29, 1.82) is 0 Å². The first kappa shape index (κ1) is 18.9. The summed E-state index contributed by atoms with van der Waals surface area (Å²) in [5, 5.41) is 4.37. The first-order valence-corrected chi connectivity index (χ1v) is 10.8. The maximum Gasteiger partial charge on any atom is 0.226 e. The van der Waals surface area contributed by atoms with Gasteiger partial charge in [-0.05, 0) is 65.1 Å². The predicted molar refractivity (Wildman–Crippen MR) is 106 cm³/mol. The molecule has 1 atom stereocenters. The lowest BCUT2D eigenvalue weighted by atomic mass is 9.93. The molecule has 3 saturated heterocycles. The van der Waals surface area contributed by atoms with E-state index in [1.807, 2.05) is 17.9 Å². The van der Waals surface area contributed by atoms with Gasteiger partial charge in [-0.3, -0.25) is 19.3 Å². The van der Waals surface area contributed by atoms with Crippen molar-refractivity contribution in [1.82, 2.24) is 24.5 Å². The standard InChI is InChI=1S/C21H35N5O/c1-17-19(14-22-23(17)2)15-24-12-7-20(8-13-24)26-11-5-6-18(16-26)21(27)25-9-3-4-10-25/h14,18,20H,3-13,15-16H2,1-2H3/t18-/m0/s1. The molecule has 27 heavy (non-hydrogen) atoms. The summed E-state index contributed by atoms with van der Waals surface area (Å²) in [5.41, 5.74) is 2.63. The van der Waals surface area contributed by atoms with Crippen molar-refractivity contribution in [2.45, 2.75) is 58.0 Å². The third kappa shape index (κ3) is 4.21. The third-order valence-electron chi connectivity index (χ3n) is 7.02. The number of carbonyl (C=O) groups is 1. The van der Waals surface area contributed by atoms with E-state index in [0.29, 0.717) is 11.9 Å². The molecule has 0 bridgehead atoms. The zero-order valence-corrected chi connectivity index (χ0v) is 17.1. The number of carbonyl (C=O) groups excluding carboxylic acids is 1. The van der Waals surface area contributed by atoms with Gasteiger partial charge in [0.15, 0.2) is 0 Å². The largest absolute Gasteiger partial charge is 0.342 e. The van der Waals surface area contributed by atoms with E-state index in [1.54, 1.807) is 0 Å². The van der Waals surface area contributed by atoms with Gasteiger partial charge in [0.25, 0.3) is 0 Å². The van der Waals surface area contributed by atoms with Crippen molar-refractivity contribution in [2.75, 3.05) is 39.3 Å². The minimum absolute atomic E-state index is 0.243. The van der Waals surface area contributed by atoms with Gasteiger partial charge in [-0.15, -0.1) is 0 Å². The summed E-state index contributed by atoms with van der Waals surface area (Å²) in [6.07, 6.45) is 9.12. The number of piperidine rings is 2. The zero-order valence-electron chi connectivity index (χ0n) is 17.1. The summed E-state index contributed by atoms with van der Waals surface area (Å²) in [6, 6.07) is 0.658. The molecule has 4 heterocycles. The molecule has 1 aromatic heterocycles. The van der Waals surface area contributed by atoms with Crippen LogP contribution in [0.15, 0.2) is 6.20 Å². The summed E-state index contributed by atoms with van der Waals surface area (Å²) < 4.78 is 1.97. The van der Waals surface area contributed by atoms with E-state index in [4.69, 9.17) is 0 Å². The fourth-order valence-corrected chi connectivity index (χ4v) is 5.12. The number of aryl methyl sites for hydroxylation is 1. The molecule has 3 aliphatic rings.